The number of thioether (sulfide) groups is 1. The lowest BCUT2D eigenvalue weighted by Gasteiger charge is -2.10. The predicted octanol–water partition coefficient (Wildman–Crippen LogP) is 2.91. The quantitative estimate of drug-likeness (QED) is 0.775. The Kier molecular flexibility index (Phi) is 6.14. The fourth-order valence-corrected chi connectivity index (χ4v) is 2.88. The summed E-state index contributed by atoms with van der Waals surface area (Å²) in [7, 11) is 0. The SMILES string of the molecule is CC(C)c1ccc(C#N)c(SCC(=O)Nc2ccccc2C(N)=O)n1. The second-order valence-corrected chi connectivity index (χ2v) is 6.57. The lowest BCUT2D eigenvalue weighted by molar-refractivity contribution is -0.113. The van der Waals surface area contributed by atoms with Crippen molar-refractivity contribution >= 4 is 29.3 Å². The molecule has 0 spiro atoms. The molecule has 0 saturated carbocycles. The Balaban J connectivity index is 2.09. The predicted molar refractivity (Wildman–Crippen MR) is 97.4 cm³/mol. The molecular weight excluding hydrogens is 336 g/mol. The molecule has 0 saturated heterocycles. The molecule has 0 aliphatic rings. The Morgan fingerprint density at radius 1 is 1.28 bits per heavy atom. The molecule has 0 bridgehead atoms. The number of nitrogens with one attached hydrogen (secondary N) is 1. The van der Waals surface area contributed by atoms with Gasteiger partial charge in [-0.3, -0.25) is 9.59 Å². The molecule has 25 heavy (non-hydrogen) atoms. The van der Waals surface area contributed by atoms with E-state index in [2.05, 4.69) is 16.4 Å². The van der Waals surface area contributed by atoms with Crippen LogP contribution in [0.3, 0.4) is 0 Å². The molecule has 6 nitrogen and oxygen atoms in total. The summed E-state index contributed by atoms with van der Waals surface area (Å²) < 4.78 is 0. The molecule has 0 aliphatic carbocycles. The average molecular weight is 354 g/mol. The van der Waals surface area contributed by atoms with E-state index in [1.165, 1.54) is 11.8 Å². The van der Waals surface area contributed by atoms with Crippen molar-refractivity contribution in [3.8, 4) is 6.07 Å². The minimum absolute atomic E-state index is 0.0658. The fraction of sp³-hybridized carbons (Fsp3) is 0.222. The maximum atomic E-state index is 12.2. The van der Waals surface area contributed by atoms with Crippen LogP contribution in [-0.2, 0) is 4.79 Å². The molecule has 2 amide bonds. The van der Waals surface area contributed by atoms with E-state index < -0.39 is 5.91 Å². The maximum absolute atomic E-state index is 12.2. The molecule has 1 heterocycles. The summed E-state index contributed by atoms with van der Waals surface area (Å²) in [6.45, 7) is 4.02. The number of para-hydroxylation sites is 1. The zero-order chi connectivity index (χ0) is 18.4. The average Bonchev–Trinajstić information content (AvgIpc) is 2.59. The number of nitrogens with two attached hydrogens (primary N) is 1. The minimum Gasteiger partial charge on any atom is -0.366 e. The van der Waals surface area contributed by atoms with Gasteiger partial charge in [-0.1, -0.05) is 37.7 Å². The van der Waals surface area contributed by atoms with E-state index in [1.54, 1.807) is 30.3 Å². The van der Waals surface area contributed by atoms with Crippen LogP contribution in [0.2, 0.25) is 0 Å². The number of amides is 2. The third kappa shape index (κ3) is 4.81. The zero-order valence-corrected chi connectivity index (χ0v) is 14.8. The fourth-order valence-electron chi connectivity index (χ4n) is 2.10. The third-order valence-electron chi connectivity index (χ3n) is 3.40. The van der Waals surface area contributed by atoms with Gasteiger partial charge in [0.25, 0.3) is 5.91 Å². The van der Waals surface area contributed by atoms with Gasteiger partial charge < -0.3 is 11.1 Å². The number of hydrogen-bond donors (Lipinski definition) is 2. The number of pyridine rings is 1. The minimum atomic E-state index is -0.610. The highest BCUT2D eigenvalue weighted by molar-refractivity contribution is 8.00. The van der Waals surface area contributed by atoms with Crippen molar-refractivity contribution in [3.05, 3.63) is 53.2 Å². The van der Waals surface area contributed by atoms with E-state index in [9.17, 15) is 14.9 Å². The van der Waals surface area contributed by atoms with E-state index >= 15 is 0 Å². The Labute approximate surface area is 150 Å². The summed E-state index contributed by atoms with van der Waals surface area (Å²) in [5, 5.41) is 12.4. The van der Waals surface area contributed by atoms with Crippen molar-refractivity contribution in [1.82, 2.24) is 4.98 Å². The Morgan fingerprint density at radius 3 is 2.64 bits per heavy atom. The van der Waals surface area contributed by atoms with Crippen molar-refractivity contribution in [2.45, 2.75) is 24.8 Å². The molecule has 2 rings (SSSR count). The van der Waals surface area contributed by atoms with Gasteiger partial charge in [-0.05, 0) is 30.2 Å². The first-order valence-electron chi connectivity index (χ1n) is 7.65. The lowest BCUT2D eigenvalue weighted by Crippen LogP contribution is -2.19. The van der Waals surface area contributed by atoms with E-state index in [0.29, 0.717) is 16.3 Å². The molecule has 1 aromatic heterocycles. The van der Waals surface area contributed by atoms with Crippen LogP contribution in [0.5, 0.6) is 0 Å². The van der Waals surface area contributed by atoms with E-state index in [4.69, 9.17) is 5.73 Å². The standard InChI is InChI=1S/C18H18N4O2S/c1-11(2)14-8-7-12(9-19)18(22-14)25-10-16(23)21-15-6-4-3-5-13(15)17(20)24/h3-8,11H,10H2,1-2H3,(H2,20,24)(H,21,23). The number of rotatable bonds is 6. The largest absolute Gasteiger partial charge is 0.366 e. The molecule has 128 valence electrons. The number of benzene rings is 1. The second-order valence-electron chi connectivity index (χ2n) is 5.60. The summed E-state index contributed by atoms with van der Waals surface area (Å²) in [6, 6.07) is 12.1. The van der Waals surface area contributed by atoms with Gasteiger partial charge in [-0.25, -0.2) is 4.98 Å². The van der Waals surface area contributed by atoms with Gasteiger partial charge >= 0.3 is 0 Å². The lowest BCUT2D eigenvalue weighted by atomic mass is 10.1. The topological polar surface area (TPSA) is 109 Å². The Bertz CT molecular complexity index is 843. The van der Waals surface area contributed by atoms with E-state index in [1.807, 2.05) is 19.9 Å². The van der Waals surface area contributed by atoms with Gasteiger partial charge in [0, 0.05) is 5.69 Å². The zero-order valence-electron chi connectivity index (χ0n) is 13.9. The van der Waals surface area contributed by atoms with Gasteiger partial charge in [0.2, 0.25) is 5.91 Å². The monoisotopic (exact) mass is 354 g/mol. The van der Waals surface area contributed by atoms with Crippen LogP contribution < -0.4 is 11.1 Å². The molecule has 0 atom stereocenters. The van der Waals surface area contributed by atoms with E-state index in [0.717, 1.165) is 5.69 Å². The number of anilines is 1. The first-order valence-corrected chi connectivity index (χ1v) is 8.63. The highest BCUT2D eigenvalue weighted by Gasteiger charge is 2.13. The first kappa shape index (κ1) is 18.5. The van der Waals surface area contributed by atoms with Gasteiger partial charge in [-0.15, -0.1) is 0 Å². The summed E-state index contributed by atoms with van der Waals surface area (Å²) >= 11 is 1.18. The molecular formula is C18H18N4O2S. The number of carbonyl (C=O) groups is 2. The van der Waals surface area contributed by atoms with Crippen LogP contribution in [-0.4, -0.2) is 22.6 Å². The number of hydrogen-bond acceptors (Lipinski definition) is 5. The van der Waals surface area contributed by atoms with Gasteiger partial charge in [0.05, 0.1) is 22.6 Å². The van der Waals surface area contributed by atoms with Crippen LogP contribution in [0.15, 0.2) is 41.4 Å². The molecule has 1 aromatic carbocycles. The van der Waals surface area contributed by atoms with Crippen molar-refractivity contribution in [1.29, 1.82) is 5.26 Å². The Hall–Kier alpha value is -2.85. The second kappa shape index (κ2) is 8.31. The van der Waals surface area contributed by atoms with Crippen molar-refractivity contribution in [2.24, 2.45) is 5.73 Å². The van der Waals surface area contributed by atoms with Crippen molar-refractivity contribution in [3.63, 3.8) is 0 Å². The van der Waals surface area contributed by atoms with Crippen LogP contribution in [0, 0.1) is 11.3 Å². The molecule has 7 heteroatoms. The first-order chi connectivity index (χ1) is 11.9. The number of carbonyl (C=O) groups excluding carboxylic acids is 2. The summed E-state index contributed by atoms with van der Waals surface area (Å²) in [5.41, 5.74) is 7.20. The number of nitrogens with zero attached hydrogens (tertiary/aromatic N) is 2. The van der Waals surface area contributed by atoms with Crippen molar-refractivity contribution in [2.75, 3.05) is 11.1 Å². The van der Waals surface area contributed by atoms with Crippen molar-refractivity contribution < 1.29 is 9.59 Å². The third-order valence-corrected chi connectivity index (χ3v) is 4.39. The smallest absolute Gasteiger partial charge is 0.250 e. The molecule has 2 aromatic rings. The molecule has 0 fully saturated rings. The molecule has 0 unspecified atom stereocenters. The van der Waals surface area contributed by atoms with Crippen LogP contribution in [0.25, 0.3) is 0 Å². The van der Waals surface area contributed by atoms with Crippen LogP contribution in [0.4, 0.5) is 5.69 Å². The maximum Gasteiger partial charge on any atom is 0.250 e. The molecule has 0 aliphatic heterocycles. The normalized spacial score (nSPS) is 10.3. The van der Waals surface area contributed by atoms with Gasteiger partial charge in [0.15, 0.2) is 0 Å². The van der Waals surface area contributed by atoms with E-state index in [-0.39, 0.29) is 23.1 Å². The number of aromatic nitrogens is 1. The number of primary amides is 1. The molecule has 0 radical (unpaired) electrons. The van der Waals surface area contributed by atoms with Gasteiger partial charge in [-0.2, -0.15) is 5.26 Å². The van der Waals surface area contributed by atoms with Gasteiger partial charge in [0.1, 0.15) is 11.1 Å². The Morgan fingerprint density at radius 2 is 2.00 bits per heavy atom. The summed E-state index contributed by atoms with van der Waals surface area (Å²) in [5.74, 6) is -0.625. The highest BCUT2D eigenvalue weighted by atomic mass is 32.2. The van der Waals surface area contributed by atoms with Crippen LogP contribution >= 0.6 is 11.8 Å². The van der Waals surface area contributed by atoms with Crippen LogP contribution in [0.1, 0.15) is 41.4 Å². The molecule has 3 N–H and O–H groups in total. The summed E-state index contributed by atoms with van der Waals surface area (Å²) in [4.78, 5) is 28.0. The summed E-state index contributed by atoms with van der Waals surface area (Å²) in [6.07, 6.45) is 0. The highest BCUT2D eigenvalue weighted by Crippen LogP contribution is 2.24. The number of nitriles is 1.